The Morgan fingerprint density at radius 2 is 1.95 bits per heavy atom. The summed E-state index contributed by atoms with van der Waals surface area (Å²) in [6, 6.07) is 7.78. The van der Waals surface area contributed by atoms with Crippen LogP contribution in [-0.4, -0.2) is 11.9 Å². The van der Waals surface area contributed by atoms with Crippen molar-refractivity contribution >= 4 is 5.84 Å². The lowest BCUT2D eigenvalue weighted by molar-refractivity contribution is -0.0221. The first-order valence-corrected chi connectivity index (χ1v) is 7.25. The van der Waals surface area contributed by atoms with E-state index in [9.17, 15) is 0 Å². The van der Waals surface area contributed by atoms with Crippen molar-refractivity contribution in [2.45, 2.75) is 51.7 Å². The first-order chi connectivity index (χ1) is 9.20. The summed E-state index contributed by atoms with van der Waals surface area (Å²) in [4.78, 5) is 0. The van der Waals surface area contributed by atoms with Crippen molar-refractivity contribution in [1.29, 1.82) is 5.41 Å². The summed E-state index contributed by atoms with van der Waals surface area (Å²) in [5.74, 6) is 0.844. The molecule has 104 valence electrons. The van der Waals surface area contributed by atoms with Crippen LogP contribution in [0.25, 0.3) is 0 Å². The first-order valence-electron chi connectivity index (χ1n) is 7.25. The number of benzene rings is 1. The van der Waals surface area contributed by atoms with E-state index >= 15 is 0 Å². The zero-order valence-electron chi connectivity index (χ0n) is 11.7. The number of nitrogens with two attached hydrogens (primary N) is 1. The maximum absolute atomic E-state index is 7.37. The van der Waals surface area contributed by atoms with Gasteiger partial charge in [0.25, 0.3) is 0 Å². The van der Waals surface area contributed by atoms with Gasteiger partial charge < -0.3 is 10.5 Å². The van der Waals surface area contributed by atoms with Crippen molar-refractivity contribution in [3.63, 3.8) is 0 Å². The zero-order chi connectivity index (χ0) is 13.7. The molecule has 19 heavy (non-hydrogen) atoms. The number of nitrogens with one attached hydrogen (secondary N) is 1. The lowest BCUT2D eigenvalue weighted by atomic mass is 9.85. The molecule has 3 heteroatoms. The number of hydrogen-bond acceptors (Lipinski definition) is 2. The molecule has 1 fully saturated rings. The third-order valence-corrected chi connectivity index (χ3v) is 4.09. The summed E-state index contributed by atoms with van der Waals surface area (Å²) in [5, 5.41) is 7.37. The van der Waals surface area contributed by atoms with Crippen LogP contribution < -0.4 is 5.73 Å². The molecule has 0 aliphatic heterocycles. The van der Waals surface area contributed by atoms with E-state index in [1.165, 1.54) is 32.1 Å². The monoisotopic (exact) mass is 260 g/mol. The van der Waals surface area contributed by atoms with Crippen molar-refractivity contribution < 1.29 is 4.74 Å². The fraction of sp³-hybridized carbons (Fsp3) is 0.562. The van der Waals surface area contributed by atoms with Crippen molar-refractivity contribution in [3.05, 3.63) is 35.4 Å². The number of ether oxygens (including phenoxy) is 1. The molecular weight excluding hydrogens is 236 g/mol. The predicted octanol–water partition coefficient (Wildman–Crippen LogP) is 3.46. The Hall–Kier alpha value is -1.35. The van der Waals surface area contributed by atoms with Gasteiger partial charge in [-0.15, -0.1) is 0 Å². The Morgan fingerprint density at radius 3 is 2.58 bits per heavy atom. The molecule has 2 atom stereocenters. The van der Waals surface area contributed by atoms with E-state index in [1.807, 2.05) is 24.3 Å². The smallest absolute Gasteiger partial charge is 0.122 e. The van der Waals surface area contributed by atoms with Gasteiger partial charge >= 0.3 is 0 Å². The van der Waals surface area contributed by atoms with E-state index in [2.05, 4.69) is 6.92 Å². The van der Waals surface area contributed by atoms with Gasteiger partial charge in [0.05, 0.1) is 12.7 Å². The molecule has 0 heterocycles. The second kappa shape index (κ2) is 6.71. The quantitative estimate of drug-likeness (QED) is 0.629. The Bertz CT molecular complexity index is 413. The van der Waals surface area contributed by atoms with E-state index in [4.69, 9.17) is 15.9 Å². The van der Waals surface area contributed by atoms with Crippen molar-refractivity contribution in [2.75, 3.05) is 0 Å². The highest BCUT2D eigenvalue weighted by molar-refractivity contribution is 5.94. The molecule has 1 aromatic carbocycles. The minimum Gasteiger partial charge on any atom is -0.384 e. The molecule has 0 spiro atoms. The van der Waals surface area contributed by atoms with Crippen LogP contribution >= 0.6 is 0 Å². The fourth-order valence-corrected chi connectivity index (χ4v) is 2.84. The Labute approximate surface area is 115 Å². The molecule has 0 saturated heterocycles. The minimum absolute atomic E-state index is 0.116. The minimum atomic E-state index is 0.116. The molecule has 0 radical (unpaired) electrons. The summed E-state index contributed by atoms with van der Waals surface area (Å²) in [7, 11) is 0. The maximum atomic E-state index is 7.37. The van der Waals surface area contributed by atoms with E-state index in [0.717, 1.165) is 17.0 Å². The van der Waals surface area contributed by atoms with Crippen LogP contribution in [0.15, 0.2) is 24.3 Å². The molecule has 3 nitrogen and oxygen atoms in total. The number of hydrogen-bond donors (Lipinski definition) is 2. The molecular formula is C16H24N2O. The van der Waals surface area contributed by atoms with Gasteiger partial charge in [-0.05, 0) is 24.3 Å². The van der Waals surface area contributed by atoms with Gasteiger partial charge in [-0.2, -0.15) is 0 Å². The summed E-state index contributed by atoms with van der Waals surface area (Å²) >= 11 is 0. The van der Waals surface area contributed by atoms with E-state index in [0.29, 0.717) is 12.7 Å². The van der Waals surface area contributed by atoms with Crippen LogP contribution in [0.2, 0.25) is 0 Å². The lowest BCUT2D eigenvalue weighted by Gasteiger charge is -2.30. The highest BCUT2D eigenvalue weighted by Gasteiger charge is 2.24. The molecule has 0 bridgehead atoms. The summed E-state index contributed by atoms with van der Waals surface area (Å²) < 4.78 is 6.09. The Kier molecular flexibility index (Phi) is 4.97. The lowest BCUT2D eigenvalue weighted by Crippen LogP contribution is -2.27. The van der Waals surface area contributed by atoms with Crippen LogP contribution in [0.3, 0.4) is 0 Å². The first kappa shape index (κ1) is 14.1. The largest absolute Gasteiger partial charge is 0.384 e. The topological polar surface area (TPSA) is 59.1 Å². The third-order valence-electron chi connectivity index (χ3n) is 4.09. The summed E-state index contributed by atoms with van der Waals surface area (Å²) in [5.41, 5.74) is 7.37. The molecule has 2 rings (SSSR count). The van der Waals surface area contributed by atoms with Gasteiger partial charge in [0, 0.05) is 5.56 Å². The normalized spacial score (nSPS) is 23.2. The highest BCUT2D eigenvalue weighted by Crippen LogP contribution is 2.29. The van der Waals surface area contributed by atoms with Gasteiger partial charge in [0.2, 0.25) is 0 Å². The average Bonchev–Trinajstić information content (AvgIpc) is 2.45. The predicted molar refractivity (Wildman–Crippen MR) is 78.3 cm³/mol. The fourth-order valence-electron chi connectivity index (χ4n) is 2.84. The molecule has 0 amide bonds. The van der Waals surface area contributed by atoms with Gasteiger partial charge in [0.15, 0.2) is 0 Å². The molecule has 2 unspecified atom stereocenters. The van der Waals surface area contributed by atoms with E-state index in [1.54, 1.807) is 0 Å². The third kappa shape index (κ3) is 3.80. The number of rotatable bonds is 5. The zero-order valence-corrected chi connectivity index (χ0v) is 11.7. The summed E-state index contributed by atoms with van der Waals surface area (Å²) in [6.45, 7) is 2.92. The molecule has 1 aliphatic rings. The summed E-state index contributed by atoms with van der Waals surface area (Å²) in [6.07, 6.45) is 6.80. The second-order valence-corrected chi connectivity index (χ2v) is 5.41. The average molecular weight is 260 g/mol. The van der Waals surface area contributed by atoms with Gasteiger partial charge in [0.1, 0.15) is 5.84 Å². The maximum Gasteiger partial charge on any atom is 0.122 e. The molecule has 1 saturated carbocycles. The van der Waals surface area contributed by atoms with Crippen molar-refractivity contribution in [2.24, 2.45) is 11.7 Å². The number of nitrogen functional groups attached to an aromatic ring is 1. The van der Waals surface area contributed by atoms with Crippen LogP contribution in [0.4, 0.5) is 0 Å². The van der Waals surface area contributed by atoms with Crippen molar-refractivity contribution in [3.8, 4) is 0 Å². The van der Waals surface area contributed by atoms with E-state index in [-0.39, 0.29) is 5.84 Å². The Morgan fingerprint density at radius 1 is 1.26 bits per heavy atom. The van der Waals surface area contributed by atoms with Crippen LogP contribution in [0.1, 0.15) is 50.2 Å². The standard InChI is InChI=1S/C16H24N2O/c1-2-13-5-3-4-6-15(13)19-11-12-7-9-14(10-8-12)16(17)18/h7-10,13,15H,2-6,11H2,1H3,(H3,17,18). The van der Waals surface area contributed by atoms with Crippen molar-refractivity contribution in [1.82, 2.24) is 0 Å². The molecule has 1 aliphatic carbocycles. The molecule has 3 N–H and O–H groups in total. The van der Waals surface area contributed by atoms with Crippen LogP contribution in [0.5, 0.6) is 0 Å². The molecule has 0 aromatic heterocycles. The molecule has 1 aromatic rings. The van der Waals surface area contributed by atoms with Gasteiger partial charge in [-0.3, -0.25) is 5.41 Å². The second-order valence-electron chi connectivity index (χ2n) is 5.41. The van der Waals surface area contributed by atoms with E-state index < -0.39 is 0 Å². The van der Waals surface area contributed by atoms with Gasteiger partial charge in [-0.25, -0.2) is 0 Å². The SMILES string of the molecule is CCC1CCCCC1OCc1ccc(C(=N)N)cc1. The van der Waals surface area contributed by atoms with Crippen LogP contribution in [-0.2, 0) is 11.3 Å². The number of amidine groups is 1. The van der Waals surface area contributed by atoms with Gasteiger partial charge in [-0.1, -0.05) is 50.5 Å². The van der Waals surface area contributed by atoms with Crippen LogP contribution in [0, 0.1) is 11.3 Å². The highest BCUT2D eigenvalue weighted by atomic mass is 16.5. The Balaban J connectivity index is 1.88.